The van der Waals surface area contributed by atoms with Crippen molar-refractivity contribution in [3.63, 3.8) is 0 Å². The molecule has 3 N–H and O–H groups in total. The summed E-state index contributed by atoms with van der Waals surface area (Å²) in [5.41, 5.74) is 1.29. The molecule has 9 nitrogen and oxygen atoms in total. The number of carbonyl (C=O) groups is 1. The van der Waals surface area contributed by atoms with Gasteiger partial charge in [-0.2, -0.15) is 14.6 Å². The van der Waals surface area contributed by atoms with Crippen LogP contribution in [0.15, 0.2) is 35.1 Å². The molecule has 0 spiro atoms. The first-order valence-electron chi connectivity index (χ1n) is 9.05. The molecule has 1 saturated heterocycles. The summed E-state index contributed by atoms with van der Waals surface area (Å²) in [6.45, 7) is 3.59. The minimum Gasteiger partial charge on any atom is -0.354 e. The number of anilines is 2. The maximum Gasteiger partial charge on any atom is 0.276 e. The number of fused-ring (bicyclic) bond motifs is 1. The zero-order valence-electron chi connectivity index (χ0n) is 15.4. The largest absolute Gasteiger partial charge is 0.354 e. The number of aromatic nitrogens is 3. The molecule has 4 rings (SSSR count). The van der Waals surface area contributed by atoms with Gasteiger partial charge in [-0.05, 0) is 19.2 Å². The summed E-state index contributed by atoms with van der Waals surface area (Å²) in [5, 5.41) is 14.4. The second-order valence-electron chi connectivity index (χ2n) is 6.45. The van der Waals surface area contributed by atoms with Gasteiger partial charge in [0.2, 0.25) is 10.9 Å². The van der Waals surface area contributed by atoms with Gasteiger partial charge in [0.05, 0.1) is 6.54 Å². The van der Waals surface area contributed by atoms with Crippen LogP contribution in [0, 0.1) is 0 Å². The van der Waals surface area contributed by atoms with Crippen molar-refractivity contribution in [3.05, 3.63) is 40.7 Å². The Balaban J connectivity index is 1.70. The van der Waals surface area contributed by atoms with E-state index < -0.39 is 0 Å². The Morgan fingerprint density at radius 3 is 2.89 bits per heavy atom. The molecule has 1 fully saturated rings. The molecule has 2 aromatic heterocycles. The number of nitrogens with zero attached hydrogens (tertiary/aromatic N) is 4. The van der Waals surface area contributed by atoms with E-state index in [0.717, 1.165) is 42.6 Å². The van der Waals surface area contributed by atoms with Crippen LogP contribution in [-0.4, -0.2) is 60.3 Å². The summed E-state index contributed by atoms with van der Waals surface area (Å²) in [6.07, 6.45) is 0. The van der Waals surface area contributed by atoms with Crippen molar-refractivity contribution in [2.75, 3.05) is 50.0 Å². The summed E-state index contributed by atoms with van der Waals surface area (Å²) in [6, 6.07) is 9.03. The van der Waals surface area contributed by atoms with Crippen LogP contribution in [0.5, 0.6) is 0 Å². The molecule has 1 aliphatic rings. The number of rotatable bonds is 5. The Hall–Kier alpha value is -2.82. The van der Waals surface area contributed by atoms with Crippen molar-refractivity contribution in [2.24, 2.45) is 0 Å². The Bertz CT molecular complexity index is 1060. The van der Waals surface area contributed by atoms with Gasteiger partial charge in [-0.25, -0.2) is 0 Å². The van der Waals surface area contributed by atoms with E-state index >= 15 is 0 Å². The number of piperazine rings is 1. The number of likely N-dealkylation sites (N-methyl/N-ethyl adjacent to an activating group) is 1. The van der Waals surface area contributed by atoms with Gasteiger partial charge in [-0.1, -0.05) is 23.5 Å². The van der Waals surface area contributed by atoms with Crippen molar-refractivity contribution in [2.45, 2.75) is 0 Å². The number of benzene rings is 1. The topological polar surface area (TPSA) is 104 Å². The molecule has 0 atom stereocenters. The average Bonchev–Trinajstić information content (AvgIpc) is 3.12. The molecule has 1 aromatic carbocycles. The van der Waals surface area contributed by atoms with Gasteiger partial charge in [0, 0.05) is 43.5 Å². The van der Waals surface area contributed by atoms with E-state index in [9.17, 15) is 9.59 Å². The molecule has 0 saturated carbocycles. The van der Waals surface area contributed by atoms with Crippen molar-refractivity contribution >= 4 is 33.7 Å². The lowest BCUT2D eigenvalue weighted by molar-refractivity contribution is -0.115. The molecule has 1 aliphatic heterocycles. The highest BCUT2D eigenvalue weighted by Crippen LogP contribution is 2.28. The SMILES string of the molecule is CNCC(=O)Nc1cccc(-c2nn3c(N4CCNCC4)cc(=O)nc3s2)c1. The Kier molecular flexibility index (Phi) is 5.33. The summed E-state index contributed by atoms with van der Waals surface area (Å²) in [4.78, 5) is 30.7. The Morgan fingerprint density at radius 1 is 1.29 bits per heavy atom. The highest BCUT2D eigenvalue weighted by molar-refractivity contribution is 7.19. The number of carbonyl (C=O) groups excluding carboxylic acids is 1. The maximum absolute atomic E-state index is 12.1. The number of hydrogen-bond donors (Lipinski definition) is 3. The maximum atomic E-state index is 12.1. The zero-order valence-corrected chi connectivity index (χ0v) is 16.3. The monoisotopic (exact) mass is 399 g/mol. The summed E-state index contributed by atoms with van der Waals surface area (Å²) in [7, 11) is 1.72. The number of amides is 1. The molecule has 0 unspecified atom stereocenters. The molecule has 1 amide bonds. The fraction of sp³-hybridized carbons (Fsp3) is 0.333. The zero-order chi connectivity index (χ0) is 19.5. The van der Waals surface area contributed by atoms with E-state index in [4.69, 9.17) is 5.10 Å². The van der Waals surface area contributed by atoms with Gasteiger partial charge in [0.1, 0.15) is 10.8 Å². The lowest BCUT2D eigenvalue weighted by atomic mass is 10.2. The Labute approximate surface area is 165 Å². The van der Waals surface area contributed by atoms with Gasteiger partial charge < -0.3 is 20.9 Å². The molecule has 0 radical (unpaired) electrons. The molecule has 3 heterocycles. The Morgan fingerprint density at radius 2 is 2.11 bits per heavy atom. The fourth-order valence-corrected chi connectivity index (χ4v) is 4.03. The van der Waals surface area contributed by atoms with Crippen LogP contribution in [-0.2, 0) is 4.79 Å². The molecule has 28 heavy (non-hydrogen) atoms. The normalized spacial score (nSPS) is 14.4. The highest BCUT2D eigenvalue weighted by atomic mass is 32.1. The van der Waals surface area contributed by atoms with Crippen LogP contribution in [0.2, 0.25) is 0 Å². The van der Waals surface area contributed by atoms with E-state index in [0.29, 0.717) is 10.6 Å². The third-order valence-corrected chi connectivity index (χ3v) is 5.36. The predicted octanol–water partition coefficient (Wildman–Crippen LogP) is 0.385. The smallest absolute Gasteiger partial charge is 0.276 e. The highest BCUT2D eigenvalue weighted by Gasteiger charge is 2.18. The van der Waals surface area contributed by atoms with E-state index in [-0.39, 0.29) is 18.0 Å². The predicted molar refractivity (Wildman–Crippen MR) is 110 cm³/mol. The molecule has 3 aromatic rings. The van der Waals surface area contributed by atoms with Gasteiger partial charge in [-0.3, -0.25) is 9.59 Å². The van der Waals surface area contributed by atoms with Gasteiger partial charge in [0.25, 0.3) is 5.56 Å². The first kappa shape index (κ1) is 18.5. The molecule has 10 heteroatoms. The average molecular weight is 399 g/mol. The van der Waals surface area contributed by atoms with E-state index in [1.807, 2.05) is 24.3 Å². The van der Waals surface area contributed by atoms with Crippen LogP contribution < -0.4 is 26.4 Å². The van der Waals surface area contributed by atoms with Crippen LogP contribution in [0.4, 0.5) is 11.5 Å². The second kappa shape index (κ2) is 8.05. The quantitative estimate of drug-likeness (QED) is 0.570. The third kappa shape index (κ3) is 3.88. The first-order valence-corrected chi connectivity index (χ1v) is 9.87. The minimum atomic E-state index is -0.267. The van der Waals surface area contributed by atoms with Crippen molar-refractivity contribution < 1.29 is 4.79 Å². The molecule has 0 bridgehead atoms. The summed E-state index contributed by atoms with van der Waals surface area (Å²) < 4.78 is 1.74. The molecular weight excluding hydrogens is 378 g/mol. The number of nitrogens with one attached hydrogen (secondary N) is 3. The molecular formula is C18H21N7O2S. The van der Waals surface area contributed by atoms with E-state index in [1.165, 1.54) is 17.4 Å². The third-order valence-electron chi connectivity index (χ3n) is 4.41. The summed E-state index contributed by atoms with van der Waals surface area (Å²) in [5.74, 6) is 0.648. The lowest BCUT2D eigenvalue weighted by Gasteiger charge is -2.28. The van der Waals surface area contributed by atoms with Crippen LogP contribution in [0.3, 0.4) is 0 Å². The van der Waals surface area contributed by atoms with Gasteiger partial charge in [0.15, 0.2) is 0 Å². The molecule has 0 aliphatic carbocycles. The number of hydrogen-bond acceptors (Lipinski definition) is 8. The van der Waals surface area contributed by atoms with E-state index in [1.54, 1.807) is 11.6 Å². The van der Waals surface area contributed by atoms with E-state index in [2.05, 4.69) is 25.8 Å². The first-order chi connectivity index (χ1) is 13.6. The summed E-state index contributed by atoms with van der Waals surface area (Å²) >= 11 is 1.35. The van der Waals surface area contributed by atoms with Crippen molar-refractivity contribution in [1.29, 1.82) is 0 Å². The van der Waals surface area contributed by atoms with Crippen LogP contribution >= 0.6 is 11.3 Å². The van der Waals surface area contributed by atoms with Crippen LogP contribution in [0.1, 0.15) is 0 Å². The van der Waals surface area contributed by atoms with Gasteiger partial charge >= 0.3 is 0 Å². The lowest BCUT2D eigenvalue weighted by Crippen LogP contribution is -2.44. The van der Waals surface area contributed by atoms with Crippen molar-refractivity contribution in [1.82, 2.24) is 25.2 Å². The van der Waals surface area contributed by atoms with Crippen LogP contribution in [0.25, 0.3) is 15.5 Å². The molecule has 146 valence electrons. The van der Waals surface area contributed by atoms with Gasteiger partial charge in [-0.15, -0.1) is 0 Å². The standard InChI is InChI=1S/C18H21N7O2S/c1-19-11-15(27)21-13-4-2-3-12(9-13)17-23-25-16(24-7-5-20-6-8-24)10-14(26)22-18(25)28-17/h2-4,9-10,19-20H,5-8,11H2,1H3,(H,21,27). The fourth-order valence-electron chi connectivity index (χ4n) is 3.13. The second-order valence-corrected chi connectivity index (χ2v) is 7.41. The minimum absolute atomic E-state index is 0.114. The van der Waals surface area contributed by atoms with Crippen molar-refractivity contribution in [3.8, 4) is 10.6 Å².